The van der Waals surface area contributed by atoms with Gasteiger partial charge in [0.2, 0.25) is 0 Å². The van der Waals surface area contributed by atoms with Gasteiger partial charge in [0, 0.05) is 6.54 Å². The van der Waals surface area contributed by atoms with Crippen LogP contribution in [-0.4, -0.2) is 49.3 Å². The Bertz CT molecular complexity index is 952. The Hall–Kier alpha value is -2.86. The highest BCUT2D eigenvalue weighted by atomic mass is 16.5. The van der Waals surface area contributed by atoms with E-state index in [0.717, 1.165) is 30.7 Å². The average molecular weight is 415 g/mol. The zero-order valence-electron chi connectivity index (χ0n) is 18.2. The van der Waals surface area contributed by atoms with E-state index in [9.17, 15) is 10.0 Å². The van der Waals surface area contributed by atoms with Crippen LogP contribution in [0.1, 0.15) is 23.1 Å². The standard InChI is InChI=1S/C26H30BNO3/c1-28(2)18-19-31-26-16-11-21(12-17-26)8-13-24(23-6-4-3-5-7-23)20-22-9-14-25(15-10-22)27(29)30/h3-7,9-12,14-17,20,29-30H,8,13,18-19H2,1-2H3. The minimum Gasteiger partial charge on any atom is -0.492 e. The average Bonchev–Trinajstić information content (AvgIpc) is 2.78. The SMILES string of the molecule is CN(C)CCOc1ccc(CCC(=Cc2ccc(B(O)O)cc2)c2ccccc2)cc1. The largest absolute Gasteiger partial charge is 0.492 e. The predicted octanol–water partition coefficient (Wildman–Crippen LogP) is 3.48. The second kappa shape index (κ2) is 11.5. The van der Waals surface area contributed by atoms with E-state index in [4.69, 9.17) is 4.74 Å². The molecular weight excluding hydrogens is 385 g/mol. The number of rotatable bonds is 10. The van der Waals surface area contributed by atoms with Crippen LogP contribution < -0.4 is 10.2 Å². The molecule has 0 unspecified atom stereocenters. The van der Waals surface area contributed by atoms with Gasteiger partial charge >= 0.3 is 7.12 Å². The molecule has 0 aromatic heterocycles. The molecule has 0 aliphatic carbocycles. The molecule has 0 aliphatic heterocycles. The number of aryl methyl sites for hydroxylation is 1. The van der Waals surface area contributed by atoms with Crippen molar-refractivity contribution in [3.63, 3.8) is 0 Å². The quantitative estimate of drug-likeness (QED) is 0.393. The Kier molecular flexibility index (Phi) is 8.48. The maximum atomic E-state index is 9.31. The molecule has 0 spiro atoms. The molecule has 5 heteroatoms. The Balaban J connectivity index is 1.69. The van der Waals surface area contributed by atoms with E-state index in [0.29, 0.717) is 12.1 Å². The van der Waals surface area contributed by atoms with Crippen molar-refractivity contribution in [3.8, 4) is 5.75 Å². The van der Waals surface area contributed by atoms with E-state index in [1.54, 1.807) is 12.1 Å². The van der Waals surface area contributed by atoms with E-state index >= 15 is 0 Å². The fourth-order valence-corrected chi connectivity index (χ4v) is 3.30. The highest BCUT2D eigenvalue weighted by Gasteiger charge is 2.10. The molecule has 3 rings (SSSR count). The lowest BCUT2D eigenvalue weighted by atomic mass is 9.80. The molecule has 0 heterocycles. The normalized spacial score (nSPS) is 11.6. The summed E-state index contributed by atoms with van der Waals surface area (Å²) in [6.45, 7) is 1.57. The molecule has 0 bridgehead atoms. The molecule has 3 aromatic carbocycles. The smallest absolute Gasteiger partial charge is 0.488 e. The van der Waals surface area contributed by atoms with Crippen LogP contribution in [-0.2, 0) is 6.42 Å². The summed E-state index contributed by atoms with van der Waals surface area (Å²) in [5.74, 6) is 0.899. The van der Waals surface area contributed by atoms with E-state index in [1.807, 2.05) is 56.6 Å². The Morgan fingerprint density at radius 2 is 1.58 bits per heavy atom. The van der Waals surface area contributed by atoms with Crippen LogP contribution in [0.25, 0.3) is 11.6 Å². The van der Waals surface area contributed by atoms with Gasteiger partial charge in [-0.1, -0.05) is 72.8 Å². The zero-order chi connectivity index (χ0) is 22.1. The highest BCUT2D eigenvalue weighted by molar-refractivity contribution is 6.58. The number of hydrogen-bond acceptors (Lipinski definition) is 4. The van der Waals surface area contributed by atoms with Gasteiger partial charge in [0.25, 0.3) is 0 Å². The fraction of sp³-hybridized carbons (Fsp3) is 0.231. The van der Waals surface area contributed by atoms with Crippen molar-refractivity contribution in [2.45, 2.75) is 12.8 Å². The first-order valence-electron chi connectivity index (χ1n) is 10.6. The van der Waals surface area contributed by atoms with Crippen LogP contribution in [0, 0.1) is 0 Å². The second-order valence-corrected chi connectivity index (χ2v) is 7.87. The van der Waals surface area contributed by atoms with Gasteiger partial charge in [-0.25, -0.2) is 0 Å². The Morgan fingerprint density at radius 3 is 2.19 bits per heavy atom. The minimum absolute atomic E-state index is 0.492. The number of nitrogens with zero attached hydrogens (tertiary/aromatic N) is 1. The highest BCUT2D eigenvalue weighted by Crippen LogP contribution is 2.24. The number of allylic oxidation sites excluding steroid dienone is 1. The summed E-state index contributed by atoms with van der Waals surface area (Å²) in [4.78, 5) is 2.10. The topological polar surface area (TPSA) is 52.9 Å². The summed E-state index contributed by atoms with van der Waals surface area (Å²) < 4.78 is 5.78. The first-order chi connectivity index (χ1) is 15.0. The number of hydrogen-bond donors (Lipinski definition) is 2. The molecule has 0 saturated carbocycles. The number of benzene rings is 3. The molecular formula is C26H30BNO3. The van der Waals surface area contributed by atoms with Crippen molar-refractivity contribution in [3.05, 3.63) is 95.6 Å². The molecule has 0 fully saturated rings. The van der Waals surface area contributed by atoms with E-state index in [-0.39, 0.29) is 0 Å². The van der Waals surface area contributed by atoms with Crippen molar-refractivity contribution in [1.29, 1.82) is 0 Å². The summed E-state index contributed by atoms with van der Waals surface area (Å²) >= 11 is 0. The van der Waals surface area contributed by atoms with Crippen LogP contribution in [0.15, 0.2) is 78.9 Å². The monoisotopic (exact) mass is 415 g/mol. The molecule has 2 N–H and O–H groups in total. The molecule has 160 valence electrons. The summed E-state index contributed by atoms with van der Waals surface area (Å²) in [6.07, 6.45) is 3.99. The third-order valence-corrected chi connectivity index (χ3v) is 5.13. The molecule has 4 nitrogen and oxygen atoms in total. The molecule has 0 aliphatic rings. The zero-order valence-corrected chi connectivity index (χ0v) is 18.2. The van der Waals surface area contributed by atoms with E-state index in [1.165, 1.54) is 16.7 Å². The number of likely N-dealkylation sites (N-methyl/N-ethyl adjacent to an activating group) is 1. The molecule has 3 aromatic rings. The van der Waals surface area contributed by atoms with E-state index < -0.39 is 7.12 Å². The molecule has 0 saturated heterocycles. The van der Waals surface area contributed by atoms with Gasteiger partial charge < -0.3 is 19.7 Å². The summed E-state index contributed by atoms with van der Waals surface area (Å²) in [7, 11) is 2.63. The van der Waals surface area contributed by atoms with Crippen molar-refractivity contribution >= 4 is 24.2 Å². The maximum Gasteiger partial charge on any atom is 0.488 e. The minimum atomic E-state index is -1.44. The van der Waals surface area contributed by atoms with Crippen molar-refractivity contribution in [1.82, 2.24) is 4.90 Å². The van der Waals surface area contributed by atoms with Gasteiger partial charge in [0.05, 0.1) is 0 Å². The predicted molar refractivity (Wildman–Crippen MR) is 129 cm³/mol. The van der Waals surface area contributed by atoms with Gasteiger partial charge in [0.1, 0.15) is 12.4 Å². The second-order valence-electron chi connectivity index (χ2n) is 7.87. The van der Waals surface area contributed by atoms with Gasteiger partial charge in [0.15, 0.2) is 0 Å². The lowest BCUT2D eigenvalue weighted by Crippen LogP contribution is -2.29. The first-order valence-corrected chi connectivity index (χ1v) is 10.6. The Morgan fingerprint density at radius 1 is 0.903 bits per heavy atom. The molecule has 0 radical (unpaired) electrons. The van der Waals surface area contributed by atoms with Crippen LogP contribution in [0.5, 0.6) is 5.75 Å². The summed E-state index contributed by atoms with van der Waals surface area (Å²) in [5, 5.41) is 18.6. The summed E-state index contributed by atoms with van der Waals surface area (Å²) in [5.41, 5.74) is 5.22. The third-order valence-electron chi connectivity index (χ3n) is 5.13. The summed E-state index contributed by atoms with van der Waals surface area (Å²) in [6, 6.07) is 26.0. The van der Waals surface area contributed by atoms with Gasteiger partial charge in [-0.3, -0.25) is 0 Å². The number of ether oxygens (including phenoxy) is 1. The van der Waals surface area contributed by atoms with Gasteiger partial charge in [-0.2, -0.15) is 0 Å². The lowest BCUT2D eigenvalue weighted by molar-refractivity contribution is 0.261. The molecule has 0 atom stereocenters. The van der Waals surface area contributed by atoms with Gasteiger partial charge in [-0.15, -0.1) is 0 Å². The Labute approximate surface area is 185 Å². The first kappa shape index (κ1) is 22.8. The lowest BCUT2D eigenvalue weighted by Gasteiger charge is -2.12. The molecule has 31 heavy (non-hydrogen) atoms. The maximum absolute atomic E-state index is 9.31. The van der Waals surface area contributed by atoms with Crippen molar-refractivity contribution < 1.29 is 14.8 Å². The molecule has 0 amide bonds. The van der Waals surface area contributed by atoms with Gasteiger partial charge in [-0.05, 0) is 66.8 Å². The van der Waals surface area contributed by atoms with Crippen molar-refractivity contribution in [2.24, 2.45) is 0 Å². The van der Waals surface area contributed by atoms with Crippen LogP contribution in [0.4, 0.5) is 0 Å². The third kappa shape index (κ3) is 7.40. The fourth-order valence-electron chi connectivity index (χ4n) is 3.30. The van der Waals surface area contributed by atoms with Crippen LogP contribution in [0.2, 0.25) is 0 Å². The van der Waals surface area contributed by atoms with Crippen LogP contribution >= 0.6 is 0 Å². The van der Waals surface area contributed by atoms with Crippen molar-refractivity contribution in [2.75, 3.05) is 27.2 Å². The van der Waals surface area contributed by atoms with E-state index in [2.05, 4.69) is 35.2 Å². The van der Waals surface area contributed by atoms with Crippen LogP contribution in [0.3, 0.4) is 0 Å².